The van der Waals surface area contributed by atoms with Crippen molar-refractivity contribution in [3.63, 3.8) is 0 Å². The molecule has 0 unspecified atom stereocenters. The van der Waals surface area contributed by atoms with Crippen LogP contribution >= 0.6 is 0 Å². The van der Waals surface area contributed by atoms with E-state index in [1.807, 2.05) is 6.07 Å². The van der Waals surface area contributed by atoms with Crippen molar-refractivity contribution in [3.8, 4) is 17.5 Å². The average molecular weight is 444 g/mol. The molecule has 1 N–H and O–H groups in total. The summed E-state index contributed by atoms with van der Waals surface area (Å²) < 4.78 is 46.4. The number of alkyl halides is 3. The molecule has 0 aliphatic carbocycles. The molecular weight excluding hydrogens is 425 g/mol. The fourth-order valence-corrected chi connectivity index (χ4v) is 3.26. The highest BCUT2D eigenvalue weighted by molar-refractivity contribution is 5.92. The van der Waals surface area contributed by atoms with E-state index in [1.54, 1.807) is 42.7 Å². The summed E-state index contributed by atoms with van der Waals surface area (Å²) in [5.41, 5.74) is 0.373. The first-order chi connectivity index (χ1) is 15.1. The molecule has 0 bridgehead atoms. The van der Waals surface area contributed by atoms with Crippen LogP contribution in [0.25, 0.3) is 5.69 Å². The van der Waals surface area contributed by atoms with Gasteiger partial charge in [-0.1, -0.05) is 0 Å². The van der Waals surface area contributed by atoms with Crippen molar-refractivity contribution in [2.24, 2.45) is 0 Å². The Hall–Kier alpha value is -4.00. The number of hydrogen-bond donors (Lipinski definition) is 1. The Balaban J connectivity index is 1.99. The van der Waals surface area contributed by atoms with Gasteiger partial charge in [0.25, 0.3) is 5.56 Å². The molecule has 2 heterocycles. The topological polar surface area (TPSA) is 89.1 Å². The van der Waals surface area contributed by atoms with Gasteiger partial charge in [0.05, 0.1) is 18.2 Å². The summed E-state index contributed by atoms with van der Waals surface area (Å²) in [7, 11) is 1.52. The normalized spacial score (nSPS) is 11.2. The molecule has 1 aromatic carbocycles. The molecule has 7 nitrogen and oxygen atoms in total. The van der Waals surface area contributed by atoms with Gasteiger partial charge in [0.2, 0.25) is 5.91 Å². The molecule has 0 saturated heterocycles. The Morgan fingerprint density at radius 3 is 2.38 bits per heavy atom. The van der Waals surface area contributed by atoms with E-state index in [4.69, 9.17) is 4.74 Å². The van der Waals surface area contributed by atoms with Crippen LogP contribution in [0.4, 0.5) is 19.0 Å². The van der Waals surface area contributed by atoms with E-state index < -0.39 is 29.8 Å². The summed E-state index contributed by atoms with van der Waals surface area (Å²) in [5, 5.41) is 12.2. The molecular formula is C22H19F3N4O3. The zero-order chi connectivity index (χ0) is 23.6. The smallest absolute Gasteiger partial charge is 0.417 e. The maximum Gasteiger partial charge on any atom is 0.417 e. The second kappa shape index (κ2) is 8.63. The quantitative estimate of drug-likeness (QED) is 0.649. The van der Waals surface area contributed by atoms with Gasteiger partial charge >= 0.3 is 6.18 Å². The van der Waals surface area contributed by atoms with Gasteiger partial charge in [-0.3, -0.25) is 14.2 Å². The summed E-state index contributed by atoms with van der Waals surface area (Å²) in [6.07, 6.45) is -4.07. The van der Waals surface area contributed by atoms with E-state index in [0.717, 1.165) is 6.07 Å². The number of benzene rings is 1. The van der Waals surface area contributed by atoms with Crippen LogP contribution in [-0.2, 0) is 17.5 Å². The maximum absolute atomic E-state index is 13.0. The van der Waals surface area contributed by atoms with Gasteiger partial charge in [-0.15, -0.1) is 0 Å². The number of aromatic nitrogens is 2. The molecule has 0 fully saturated rings. The van der Waals surface area contributed by atoms with Crippen molar-refractivity contribution in [1.29, 1.82) is 5.26 Å². The van der Waals surface area contributed by atoms with Crippen LogP contribution in [0, 0.1) is 25.2 Å². The number of carbonyl (C=O) groups is 1. The van der Waals surface area contributed by atoms with Gasteiger partial charge in [0.15, 0.2) is 0 Å². The van der Waals surface area contributed by atoms with Crippen LogP contribution in [0.5, 0.6) is 5.75 Å². The van der Waals surface area contributed by atoms with Gasteiger partial charge in [0.1, 0.15) is 24.2 Å². The first-order valence-corrected chi connectivity index (χ1v) is 9.40. The van der Waals surface area contributed by atoms with Crippen LogP contribution in [-0.4, -0.2) is 22.2 Å². The molecule has 2 aromatic heterocycles. The maximum atomic E-state index is 13.0. The predicted molar refractivity (Wildman–Crippen MR) is 111 cm³/mol. The number of nitriles is 1. The number of pyridine rings is 1. The van der Waals surface area contributed by atoms with Gasteiger partial charge in [0, 0.05) is 23.6 Å². The predicted octanol–water partition coefficient (Wildman–Crippen LogP) is 3.79. The number of anilines is 1. The van der Waals surface area contributed by atoms with Gasteiger partial charge in [-0.2, -0.15) is 18.4 Å². The van der Waals surface area contributed by atoms with Gasteiger partial charge in [-0.25, -0.2) is 0 Å². The molecule has 0 spiro atoms. The first kappa shape index (κ1) is 22.7. The number of nitrogens with one attached hydrogen (secondary N) is 1. The van der Waals surface area contributed by atoms with E-state index in [0.29, 0.717) is 39.5 Å². The molecule has 0 radical (unpaired) electrons. The monoisotopic (exact) mass is 444 g/mol. The second-order valence-corrected chi connectivity index (χ2v) is 7.01. The highest BCUT2D eigenvalue weighted by Crippen LogP contribution is 2.31. The molecule has 3 rings (SSSR count). The van der Waals surface area contributed by atoms with Crippen LogP contribution < -0.4 is 15.6 Å². The van der Waals surface area contributed by atoms with Gasteiger partial charge in [-0.05, 0) is 49.7 Å². The minimum absolute atomic E-state index is 0.165. The van der Waals surface area contributed by atoms with E-state index in [1.165, 1.54) is 7.11 Å². The Morgan fingerprint density at radius 1 is 1.16 bits per heavy atom. The molecule has 10 heteroatoms. The summed E-state index contributed by atoms with van der Waals surface area (Å²) in [6.45, 7) is 2.84. The van der Waals surface area contributed by atoms with Crippen molar-refractivity contribution in [2.75, 3.05) is 12.4 Å². The van der Waals surface area contributed by atoms with Crippen molar-refractivity contribution in [1.82, 2.24) is 9.13 Å². The van der Waals surface area contributed by atoms with Gasteiger partial charge < -0.3 is 14.6 Å². The number of hydrogen-bond acceptors (Lipinski definition) is 4. The first-order valence-electron chi connectivity index (χ1n) is 9.40. The fourth-order valence-electron chi connectivity index (χ4n) is 3.26. The Kier molecular flexibility index (Phi) is 6.11. The summed E-state index contributed by atoms with van der Waals surface area (Å²) >= 11 is 0. The zero-order valence-corrected chi connectivity index (χ0v) is 17.4. The molecule has 1 amide bonds. The van der Waals surface area contributed by atoms with Crippen molar-refractivity contribution < 1.29 is 22.7 Å². The molecule has 0 saturated carbocycles. The lowest BCUT2D eigenvalue weighted by Crippen LogP contribution is -2.28. The van der Waals surface area contributed by atoms with E-state index in [2.05, 4.69) is 5.32 Å². The van der Waals surface area contributed by atoms with Crippen LogP contribution in [0.2, 0.25) is 0 Å². The Labute approximate surface area is 181 Å². The Morgan fingerprint density at radius 2 is 1.81 bits per heavy atom. The number of halogens is 3. The molecule has 32 heavy (non-hydrogen) atoms. The van der Waals surface area contributed by atoms with E-state index in [-0.39, 0.29) is 11.4 Å². The minimum atomic E-state index is -4.66. The standard InChI is InChI=1S/C22H19F3N4O3/c1-13-14(2)29(16-5-7-17(32-3)8-6-16)21(18(13)10-26)27-19(30)12-28-11-15(22(23,24)25)4-9-20(28)31/h4-9,11H,12H2,1-3H3,(H,27,30). The highest BCUT2D eigenvalue weighted by Gasteiger charge is 2.31. The Bertz CT molecular complexity index is 1270. The largest absolute Gasteiger partial charge is 0.497 e. The summed E-state index contributed by atoms with van der Waals surface area (Å²) in [6, 6.07) is 10.4. The zero-order valence-electron chi connectivity index (χ0n) is 17.4. The summed E-state index contributed by atoms with van der Waals surface area (Å²) in [5.74, 6) is 0.0261. The lowest BCUT2D eigenvalue weighted by Gasteiger charge is -2.15. The minimum Gasteiger partial charge on any atom is -0.497 e. The van der Waals surface area contributed by atoms with Crippen molar-refractivity contribution >= 4 is 11.7 Å². The summed E-state index contributed by atoms with van der Waals surface area (Å²) in [4.78, 5) is 24.6. The number of carbonyl (C=O) groups excluding carboxylic acids is 1. The number of ether oxygens (including phenoxy) is 1. The molecule has 0 aliphatic heterocycles. The molecule has 0 atom stereocenters. The number of amides is 1. The highest BCUT2D eigenvalue weighted by atomic mass is 19.4. The van der Waals surface area contributed by atoms with Crippen LogP contribution in [0.15, 0.2) is 47.4 Å². The van der Waals surface area contributed by atoms with Crippen LogP contribution in [0.1, 0.15) is 22.4 Å². The number of nitrogens with zero attached hydrogens (tertiary/aromatic N) is 3. The third kappa shape index (κ3) is 4.37. The van der Waals surface area contributed by atoms with Crippen molar-refractivity contribution in [3.05, 3.63) is 75.3 Å². The third-order valence-electron chi connectivity index (χ3n) is 5.04. The SMILES string of the molecule is COc1ccc(-n2c(C)c(C)c(C#N)c2NC(=O)Cn2cc(C(F)(F)F)ccc2=O)cc1. The lowest BCUT2D eigenvalue weighted by atomic mass is 10.2. The van der Waals surface area contributed by atoms with Crippen LogP contribution in [0.3, 0.4) is 0 Å². The van der Waals surface area contributed by atoms with E-state index >= 15 is 0 Å². The molecule has 0 aliphatic rings. The second-order valence-electron chi connectivity index (χ2n) is 7.01. The van der Waals surface area contributed by atoms with Crippen molar-refractivity contribution in [2.45, 2.75) is 26.6 Å². The fraction of sp³-hybridized carbons (Fsp3) is 0.227. The third-order valence-corrected chi connectivity index (χ3v) is 5.04. The molecule has 3 aromatic rings. The molecule has 166 valence electrons. The lowest BCUT2D eigenvalue weighted by molar-refractivity contribution is -0.138. The number of methoxy groups -OCH3 is 1. The average Bonchev–Trinajstić information content (AvgIpc) is 2.98. The number of rotatable bonds is 5. The van der Waals surface area contributed by atoms with E-state index in [9.17, 15) is 28.0 Å².